The van der Waals surface area contributed by atoms with Gasteiger partial charge < -0.3 is 0 Å². The van der Waals surface area contributed by atoms with Crippen molar-refractivity contribution in [2.45, 2.75) is 37.0 Å². The molecule has 4 rings (SSSR count). The highest BCUT2D eigenvalue weighted by molar-refractivity contribution is 7.89. The first-order valence-electron chi connectivity index (χ1n) is 8.62. The molecule has 2 aliphatic rings. The van der Waals surface area contributed by atoms with Crippen molar-refractivity contribution in [3.63, 3.8) is 0 Å². The van der Waals surface area contributed by atoms with Crippen molar-refractivity contribution in [3.05, 3.63) is 34.7 Å². The topological polar surface area (TPSA) is 67.3 Å². The van der Waals surface area contributed by atoms with Crippen molar-refractivity contribution < 1.29 is 13.2 Å². The van der Waals surface area contributed by atoms with E-state index in [0.717, 1.165) is 41.9 Å². The van der Waals surface area contributed by atoms with Crippen LogP contribution in [0.1, 0.15) is 30.7 Å². The first kappa shape index (κ1) is 16.9. The van der Waals surface area contributed by atoms with Gasteiger partial charge in [0.1, 0.15) is 10.8 Å². The van der Waals surface area contributed by atoms with Crippen LogP contribution in [-0.2, 0) is 21.2 Å². The Hall–Kier alpha value is -1.57. The van der Waals surface area contributed by atoms with E-state index in [1.807, 2.05) is 5.38 Å². The van der Waals surface area contributed by atoms with Crippen LogP contribution in [0, 0.1) is 5.92 Å². The van der Waals surface area contributed by atoms with Crippen molar-refractivity contribution >= 4 is 27.1 Å². The number of benzene rings is 1. The molecule has 1 aromatic heterocycles. The molecule has 1 aliphatic heterocycles. The predicted octanol–water partition coefficient (Wildman–Crippen LogP) is 3.12. The summed E-state index contributed by atoms with van der Waals surface area (Å²) in [5, 5.41) is 2.76. The summed E-state index contributed by atoms with van der Waals surface area (Å²) in [6.07, 6.45) is 4.31. The van der Waals surface area contributed by atoms with Gasteiger partial charge in [-0.1, -0.05) is 12.1 Å². The lowest BCUT2D eigenvalue weighted by molar-refractivity contribution is -0.119. The Bertz CT molecular complexity index is 877. The van der Waals surface area contributed by atoms with Gasteiger partial charge in [-0.15, -0.1) is 11.3 Å². The monoisotopic (exact) mass is 376 g/mol. The van der Waals surface area contributed by atoms with Gasteiger partial charge in [0.25, 0.3) is 0 Å². The lowest BCUT2D eigenvalue weighted by Gasteiger charge is -2.15. The fourth-order valence-corrected chi connectivity index (χ4v) is 5.43. The quantitative estimate of drug-likeness (QED) is 0.777. The zero-order chi connectivity index (χ0) is 17.4. The Morgan fingerprint density at radius 3 is 2.48 bits per heavy atom. The second kappa shape index (κ2) is 6.63. The van der Waals surface area contributed by atoms with E-state index in [1.165, 1.54) is 11.3 Å². The highest BCUT2D eigenvalue weighted by Crippen LogP contribution is 2.32. The van der Waals surface area contributed by atoms with Crippen molar-refractivity contribution in [1.82, 2.24) is 9.29 Å². The Kier molecular flexibility index (Phi) is 4.47. The molecule has 5 nitrogen and oxygen atoms in total. The van der Waals surface area contributed by atoms with Gasteiger partial charge in [0, 0.05) is 30.0 Å². The van der Waals surface area contributed by atoms with Gasteiger partial charge in [-0.3, -0.25) is 4.79 Å². The summed E-state index contributed by atoms with van der Waals surface area (Å²) in [5.41, 5.74) is 1.68. The number of rotatable bonds is 6. The Labute approximate surface area is 151 Å². The molecule has 0 N–H and O–H groups in total. The normalized spacial score (nSPS) is 18.6. The van der Waals surface area contributed by atoms with Crippen LogP contribution < -0.4 is 0 Å². The molecule has 25 heavy (non-hydrogen) atoms. The van der Waals surface area contributed by atoms with E-state index in [9.17, 15) is 13.2 Å². The molecule has 1 saturated carbocycles. The molecule has 0 spiro atoms. The third-order valence-corrected chi connectivity index (χ3v) is 7.52. The van der Waals surface area contributed by atoms with Gasteiger partial charge >= 0.3 is 0 Å². The number of aromatic nitrogens is 1. The van der Waals surface area contributed by atoms with Gasteiger partial charge in [-0.2, -0.15) is 4.31 Å². The molecule has 0 unspecified atom stereocenters. The van der Waals surface area contributed by atoms with Crippen LogP contribution in [0.4, 0.5) is 0 Å². The summed E-state index contributed by atoms with van der Waals surface area (Å²) in [4.78, 5) is 16.8. The highest BCUT2D eigenvalue weighted by atomic mass is 32.2. The fraction of sp³-hybridized carbons (Fsp3) is 0.444. The Morgan fingerprint density at radius 1 is 1.16 bits per heavy atom. The van der Waals surface area contributed by atoms with Crippen molar-refractivity contribution in [1.29, 1.82) is 0 Å². The van der Waals surface area contributed by atoms with Crippen molar-refractivity contribution in [2.24, 2.45) is 5.92 Å². The molecule has 0 bridgehead atoms. The lowest BCUT2D eigenvalue weighted by Crippen LogP contribution is -2.27. The lowest BCUT2D eigenvalue weighted by atomic mass is 10.2. The van der Waals surface area contributed by atoms with Crippen molar-refractivity contribution in [2.75, 3.05) is 13.1 Å². The highest BCUT2D eigenvalue weighted by Gasteiger charge is 2.30. The van der Waals surface area contributed by atoms with Gasteiger partial charge in [-0.05, 0) is 37.8 Å². The van der Waals surface area contributed by atoms with Crippen LogP contribution >= 0.6 is 11.3 Å². The minimum atomic E-state index is -3.38. The number of sulfonamides is 1. The van der Waals surface area contributed by atoms with E-state index in [4.69, 9.17) is 0 Å². The maximum atomic E-state index is 12.6. The summed E-state index contributed by atoms with van der Waals surface area (Å²) < 4.78 is 26.7. The van der Waals surface area contributed by atoms with Gasteiger partial charge in [0.2, 0.25) is 10.0 Å². The molecule has 1 saturated heterocycles. The van der Waals surface area contributed by atoms with Crippen LogP contribution in [0.2, 0.25) is 0 Å². The summed E-state index contributed by atoms with van der Waals surface area (Å²) in [6.45, 7) is 1.21. The minimum Gasteiger partial charge on any atom is -0.299 e. The number of hydrogen-bond donors (Lipinski definition) is 0. The van der Waals surface area contributed by atoms with Crippen LogP contribution in [0.25, 0.3) is 11.3 Å². The summed E-state index contributed by atoms with van der Waals surface area (Å²) in [6, 6.07) is 6.89. The van der Waals surface area contributed by atoms with Gasteiger partial charge in [0.05, 0.1) is 17.0 Å². The fourth-order valence-electron chi connectivity index (χ4n) is 3.10. The molecule has 1 aliphatic carbocycles. The molecule has 2 fully saturated rings. The van der Waals surface area contributed by atoms with Crippen LogP contribution in [0.5, 0.6) is 0 Å². The first-order chi connectivity index (χ1) is 12.0. The summed E-state index contributed by atoms with van der Waals surface area (Å²) in [5.74, 6) is 0.537. The van der Waals surface area contributed by atoms with Crippen LogP contribution in [0.3, 0.4) is 0 Å². The second-order valence-electron chi connectivity index (χ2n) is 6.68. The molecule has 0 radical (unpaired) electrons. The van der Waals surface area contributed by atoms with E-state index in [1.54, 1.807) is 28.6 Å². The number of hydrogen-bond acceptors (Lipinski definition) is 5. The molecule has 132 valence electrons. The van der Waals surface area contributed by atoms with E-state index in [2.05, 4.69) is 4.98 Å². The number of Topliss-reactive ketones (excluding diaryl/α,β-unsaturated/α-hetero) is 1. The van der Waals surface area contributed by atoms with Crippen LogP contribution in [-0.4, -0.2) is 36.6 Å². The Morgan fingerprint density at radius 2 is 1.84 bits per heavy atom. The Balaban J connectivity index is 1.50. The third-order valence-electron chi connectivity index (χ3n) is 4.76. The molecular weight excluding hydrogens is 356 g/mol. The summed E-state index contributed by atoms with van der Waals surface area (Å²) in [7, 11) is -3.38. The zero-order valence-electron chi connectivity index (χ0n) is 13.8. The van der Waals surface area contributed by atoms with E-state index < -0.39 is 10.0 Å². The number of carbonyl (C=O) groups is 1. The molecule has 0 amide bonds. The van der Waals surface area contributed by atoms with Gasteiger partial charge in [-0.25, -0.2) is 13.4 Å². The molecule has 1 aromatic carbocycles. The average Bonchev–Trinajstić information content (AvgIpc) is 3.11. The number of carbonyl (C=O) groups excluding carboxylic acids is 1. The molecular formula is C18H20N2O3S2. The standard InChI is InChI=1S/C18H20N2O3S2/c21-17(14-3-4-14)11-18-19-16(12-24-18)13-5-7-15(8-6-13)25(22,23)20-9-1-2-10-20/h5-8,12,14H,1-4,9-11H2. The van der Waals surface area contributed by atoms with Crippen molar-refractivity contribution in [3.8, 4) is 11.3 Å². The minimum absolute atomic E-state index is 0.252. The smallest absolute Gasteiger partial charge is 0.243 e. The molecule has 2 heterocycles. The maximum absolute atomic E-state index is 12.6. The number of nitrogens with zero attached hydrogens (tertiary/aromatic N) is 2. The second-order valence-corrected chi connectivity index (χ2v) is 9.56. The first-order valence-corrected chi connectivity index (χ1v) is 10.9. The largest absolute Gasteiger partial charge is 0.299 e. The molecule has 2 aromatic rings. The number of ketones is 1. The van der Waals surface area contributed by atoms with Crippen LogP contribution in [0.15, 0.2) is 34.5 Å². The maximum Gasteiger partial charge on any atom is 0.243 e. The molecule has 0 atom stereocenters. The van der Waals surface area contributed by atoms with Gasteiger partial charge in [0.15, 0.2) is 0 Å². The van der Waals surface area contributed by atoms with E-state index in [0.29, 0.717) is 24.4 Å². The van der Waals surface area contributed by atoms with E-state index >= 15 is 0 Å². The SMILES string of the molecule is O=C(Cc1nc(-c2ccc(S(=O)(=O)N3CCCC3)cc2)cs1)C1CC1. The summed E-state index contributed by atoms with van der Waals surface area (Å²) >= 11 is 1.49. The van der Waals surface area contributed by atoms with E-state index in [-0.39, 0.29) is 11.7 Å². The molecule has 7 heteroatoms. The number of thiazole rings is 1. The third kappa shape index (κ3) is 3.54. The average molecular weight is 377 g/mol. The zero-order valence-corrected chi connectivity index (χ0v) is 15.5. The predicted molar refractivity (Wildman–Crippen MR) is 97.0 cm³/mol.